The van der Waals surface area contributed by atoms with Crippen LogP contribution in [0.15, 0.2) is 18.3 Å². The first-order valence-corrected chi connectivity index (χ1v) is 6.98. The van der Waals surface area contributed by atoms with Crippen LogP contribution in [-0.4, -0.2) is 73.0 Å². The van der Waals surface area contributed by atoms with Crippen molar-refractivity contribution in [3.8, 4) is 0 Å². The average molecular weight is 277 g/mol. The van der Waals surface area contributed by atoms with Crippen LogP contribution in [-0.2, 0) is 9.53 Å². The number of piperazine rings is 1. The summed E-state index contributed by atoms with van der Waals surface area (Å²) in [6, 6.07) is 3.82. The number of anilines is 1. The van der Waals surface area contributed by atoms with E-state index in [0.29, 0.717) is 26.2 Å². The van der Waals surface area contributed by atoms with E-state index >= 15 is 0 Å². The average Bonchev–Trinajstić information content (AvgIpc) is 2.56. The fraction of sp³-hybridized carbons (Fsp3) is 0.615. The second-order valence-corrected chi connectivity index (χ2v) is 4.96. The van der Waals surface area contributed by atoms with E-state index in [2.05, 4.69) is 20.4 Å². The Hall–Kier alpha value is -1.73. The highest BCUT2D eigenvalue weighted by Gasteiger charge is 2.29. The molecule has 2 fully saturated rings. The summed E-state index contributed by atoms with van der Waals surface area (Å²) in [5.41, 5.74) is 0. The fourth-order valence-corrected chi connectivity index (χ4v) is 2.55. The first kappa shape index (κ1) is 13.3. The van der Waals surface area contributed by atoms with E-state index in [9.17, 15) is 4.79 Å². The molecule has 0 saturated carbocycles. The van der Waals surface area contributed by atoms with Crippen molar-refractivity contribution in [1.29, 1.82) is 0 Å². The lowest BCUT2D eigenvalue weighted by Crippen LogP contribution is -2.55. The first-order valence-electron chi connectivity index (χ1n) is 6.98. The standard InChI is InChI=1S/C13H19N5O2/c19-13(11-10-14-4-9-20-11)18-7-5-17(6-8-18)12-2-1-3-15-16-12/h1-3,11,14H,4-10H2. The summed E-state index contributed by atoms with van der Waals surface area (Å²) >= 11 is 0. The summed E-state index contributed by atoms with van der Waals surface area (Å²) in [6.07, 6.45) is 1.34. The van der Waals surface area contributed by atoms with Crippen LogP contribution in [0.25, 0.3) is 0 Å². The third-order valence-electron chi connectivity index (χ3n) is 3.68. The molecular formula is C13H19N5O2. The van der Waals surface area contributed by atoms with Gasteiger partial charge in [0.25, 0.3) is 5.91 Å². The Balaban J connectivity index is 1.54. The molecule has 0 aliphatic carbocycles. The molecule has 2 saturated heterocycles. The highest BCUT2D eigenvalue weighted by Crippen LogP contribution is 2.13. The first-order chi connectivity index (χ1) is 9.84. The highest BCUT2D eigenvalue weighted by molar-refractivity contribution is 5.81. The van der Waals surface area contributed by atoms with Crippen molar-refractivity contribution in [2.75, 3.05) is 50.8 Å². The number of rotatable bonds is 2. The number of hydrogen-bond donors (Lipinski definition) is 1. The van der Waals surface area contributed by atoms with Crippen molar-refractivity contribution < 1.29 is 9.53 Å². The van der Waals surface area contributed by atoms with Gasteiger partial charge in [0.2, 0.25) is 0 Å². The largest absolute Gasteiger partial charge is 0.366 e. The second-order valence-electron chi connectivity index (χ2n) is 4.96. The Morgan fingerprint density at radius 2 is 2.20 bits per heavy atom. The third-order valence-corrected chi connectivity index (χ3v) is 3.68. The maximum absolute atomic E-state index is 12.3. The number of nitrogens with one attached hydrogen (secondary N) is 1. The van der Waals surface area contributed by atoms with Gasteiger partial charge in [-0.15, -0.1) is 5.10 Å². The molecule has 1 N–H and O–H groups in total. The van der Waals surface area contributed by atoms with Crippen molar-refractivity contribution in [3.63, 3.8) is 0 Å². The Morgan fingerprint density at radius 1 is 1.35 bits per heavy atom. The molecule has 3 rings (SSSR count). The Labute approximate surface area is 117 Å². The van der Waals surface area contributed by atoms with E-state index in [1.807, 2.05) is 17.0 Å². The Bertz CT molecular complexity index is 441. The number of hydrogen-bond acceptors (Lipinski definition) is 6. The van der Waals surface area contributed by atoms with Gasteiger partial charge in [-0.25, -0.2) is 0 Å². The molecule has 108 valence electrons. The molecule has 20 heavy (non-hydrogen) atoms. The van der Waals surface area contributed by atoms with Crippen LogP contribution in [0.4, 0.5) is 5.82 Å². The smallest absolute Gasteiger partial charge is 0.253 e. The van der Waals surface area contributed by atoms with Crippen LogP contribution < -0.4 is 10.2 Å². The lowest BCUT2D eigenvalue weighted by molar-refractivity contribution is -0.145. The van der Waals surface area contributed by atoms with E-state index in [1.165, 1.54) is 0 Å². The van der Waals surface area contributed by atoms with Crippen LogP contribution in [0.5, 0.6) is 0 Å². The summed E-state index contributed by atoms with van der Waals surface area (Å²) < 4.78 is 5.51. The molecule has 3 heterocycles. The minimum absolute atomic E-state index is 0.0935. The molecule has 2 aliphatic heterocycles. The molecule has 1 aromatic rings. The molecule has 2 aliphatic rings. The monoisotopic (exact) mass is 277 g/mol. The normalized spacial score (nSPS) is 23.7. The zero-order chi connectivity index (χ0) is 13.8. The summed E-state index contributed by atoms with van der Waals surface area (Å²) in [5, 5.41) is 11.2. The zero-order valence-electron chi connectivity index (χ0n) is 11.4. The van der Waals surface area contributed by atoms with Crippen molar-refractivity contribution in [2.24, 2.45) is 0 Å². The van der Waals surface area contributed by atoms with Gasteiger partial charge in [0.1, 0.15) is 6.10 Å². The Kier molecular flexibility index (Phi) is 4.08. The summed E-state index contributed by atoms with van der Waals surface area (Å²) in [4.78, 5) is 16.3. The zero-order valence-corrected chi connectivity index (χ0v) is 11.4. The van der Waals surface area contributed by atoms with Gasteiger partial charge in [-0.3, -0.25) is 4.79 Å². The molecule has 1 aromatic heterocycles. The lowest BCUT2D eigenvalue weighted by Gasteiger charge is -2.37. The molecule has 0 bridgehead atoms. The molecule has 1 unspecified atom stereocenters. The topological polar surface area (TPSA) is 70.6 Å². The van der Waals surface area contributed by atoms with E-state index in [0.717, 1.165) is 25.5 Å². The summed E-state index contributed by atoms with van der Waals surface area (Å²) in [5.74, 6) is 0.964. The quantitative estimate of drug-likeness (QED) is 0.756. The number of carbonyl (C=O) groups excluding carboxylic acids is 1. The van der Waals surface area contributed by atoms with Gasteiger partial charge in [0, 0.05) is 45.5 Å². The van der Waals surface area contributed by atoms with Crippen LogP contribution in [0.1, 0.15) is 0 Å². The number of nitrogens with zero attached hydrogens (tertiary/aromatic N) is 4. The lowest BCUT2D eigenvalue weighted by atomic mass is 10.2. The van der Waals surface area contributed by atoms with Crippen molar-refractivity contribution >= 4 is 11.7 Å². The summed E-state index contributed by atoms with van der Waals surface area (Å²) in [6.45, 7) is 5.02. The predicted molar refractivity (Wildman–Crippen MR) is 73.4 cm³/mol. The number of carbonyl (C=O) groups is 1. The minimum atomic E-state index is -0.327. The van der Waals surface area contributed by atoms with Crippen LogP contribution in [0.2, 0.25) is 0 Å². The van der Waals surface area contributed by atoms with Crippen molar-refractivity contribution in [1.82, 2.24) is 20.4 Å². The maximum Gasteiger partial charge on any atom is 0.253 e. The third kappa shape index (κ3) is 2.88. The maximum atomic E-state index is 12.3. The number of ether oxygens (including phenoxy) is 1. The molecule has 7 heteroatoms. The van der Waals surface area contributed by atoms with Gasteiger partial charge in [-0.1, -0.05) is 0 Å². The fourth-order valence-electron chi connectivity index (χ4n) is 2.55. The van der Waals surface area contributed by atoms with Crippen molar-refractivity contribution in [2.45, 2.75) is 6.10 Å². The predicted octanol–water partition coefficient (Wildman–Crippen LogP) is -0.886. The molecular weight excluding hydrogens is 258 g/mol. The molecule has 0 aromatic carbocycles. The summed E-state index contributed by atoms with van der Waals surface area (Å²) in [7, 11) is 0. The van der Waals surface area contributed by atoms with Gasteiger partial charge < -0.3 is 19.9 Å². The van der Waals surface area contributed by atoms with E-state index < -0.39 is 0 Å². The second kappa shape index (κ2) is 6.15. The van der Waals surface area contributed by atoms with E-state index in [-0.39, 0.29) is 12.0 Å². The van der Waals surface area contributed by atoms with Gasteiger partial charge in [0.15, 0.2) is 5.82 Å². The van der Waals surface area contributed by atoms with Crippen LogP contribution in [0, 0.1) is 0 Å². The van der Waals surface area contributed by atoms with Gasteiger partial charge in [-0.05, 0) is 12.1 Å². The van der Waals surface area contributed by atoms with Crippen LogP contribution >= 0.6 is 0 Å². The van der Waals surface area contributed by atoms with Gasteiger partial charge in [-0.2, -0.15) is 5.10 Å². The van der Waals surface area contributed by atoms with E-state index in [1.54, 1.807) is 6.20 Å². The van der Waals surface area contributed by atoms with Crippen LogP contribution in [0.3, 0.4) is 0 Å². The number of morpholine rings is 1. The minimum Gasteiger partial charge on any atom is -0.366 e. The SMILES string of the molecule is O=C(C1CNCCO1)N1CCN(c2cccnn2)CC1. The van der Waals surface area contributed by atoms with E-state index in [4.69, 9.17) is 4.74 Å². The molecule has 7 nitrogen and oxygen atoms in total. The van der Waals surface area contributed by atoms with Crippen molar-refractivity contribution in [3.05, 3.63) is 18.3 Å². The molecule has 0 radical (unpaired) electrons. The number of amides is 1. The Morgan fingerprint density at radius 3 is 2.85 bits per heavy atom. The molecule has 0 spiro atoms. The van der Waals surface area contributed by atoms with Gasteiger partial charge in [0.05, 0.1) is 6.61 Å². The number of aromatic nitrogens is 2. The molecule has 1 atom stereocenters. The molecule has 1 amide bonds. The van der Waals surface area contributed by atoms with Gasteiger partial charge >= 0.3 is 0 Å². The highest BCUT2D eigenvalue weighted by atomic mass is 16.5.